The molecule has 0 aliphatic rings. The van der Waals surface area contributed by atoms with E-state index in [4.69, 9.17) is 15.6 Å². The van der Waals surface area contributed by atoms with Gasteiger partial charge in [-0.15, -0.1) is 0 Å². The number of nitrogens with two attached hydrogens (primary N) is 1. The SMILES string of the molecule is NC(=O)C(O)(NCC(=O)O)S(=O)(=O)c1ccc(Oc2ccccc2)cc1. The largest absolute Gasteiger partial charge is 0.480 e. The van der Waals surface area contributed by atoms with Crippen molar-refractivity contribution in [2.24, 2.45) is 5.73 Å². The molecule has 2 rings (SSSR count). The summed E-state index contributed by atoms with van der Waals surface area (Å²) in [6, 6.07) is 13.6. The van der Waals surface area contributed by atoms with Gasteiger partial charge in [0.15, 0.2) is 0 Å². The lowest BCUT2D eigenvalue weighted by Crippen LogP contribution is -2.61. The lowest BCUT2D eigenvalue weighted by atomic mass is 10.3. The Labute approximate surface area is 148 Å². The summed E-state index contributed by atoms with van der Waals surface area (Å²) in [6.45, 7) is -0.992. The van der Waals surface area contributed by atoms with E-state index in [9.17, 15) is 23.1 Å². The zero-order valence-corrected chi connectivity index (χ0v) is 14.1. The number of carbonyl (C=O) groups excluding carboxylic acids is 1. The van der Waals surface area contributed by atoms with Crippen molar-refractivity contribution in [3.8, 4) is 11.5 Å². The van der Waals surface area contributed by atoms with Crippen molar-refractivity contribution in [1.82, 2.24) is 5.32 Å². The summed E-state index contributed by atoms with van der Waals surface area (Å²) < 4.78 is 30.6. The van der Waals surface area contributed by atoms with E-state index in [1.54, 1.807) is 35.6 Å². The smallest absolute Gasteiger partial charge is 0.317 e. The normalized spacial score (nSPS) is 13.6. The monoisotopic (exact) mass is 380 g/mol. The zero-order valence-electron chi connectivity index (χ0n) is 13.3. The fourth-order valence-corrected chi connectivity index (χ4v) is 3.35. The maximum atomic E-state index is 12.5. The third-order valence-electron chi connectivity index (χ3n) is 3.32. The number of para-hydroxylation sites is 1. The standard InChI is InChI=1S/C16H16N2O7S/c17-15(21)16(22,18-10-14(19)20)26(23,24)13-8-6-12(7-9-13)25-11-4-2-1-3-5-11/h1-9,18,22H,10H2,(H2,17,21)(H,19,20). The Kier molecular flexibility index (Phi) is 5.60. The van der Waals surface area contributed by atoms with Gasteiger partial charge in [0.2, 0.25) is 9.84 Å². The number of benzene rings is 2. The predicted molar refractivity (Wildman–Crippen MR) is 89.9 cm³/mol. The van der Waals surface area contributed by atoms with Gasteiger partial charge in [0, 0.05) is 0 Å². The quantitative estimate of drug-likeness (QED) is 0.468. The molecule has 0 heterocycles. The molecule has 1 atom stereocenters. The van der Waals surface area contributed by atoms with Gasteiger partial charge in [-0.1, -0.05) is 18.2 Å². The molecule has 9 nitrogen and oxygen atoms in total. The van der Waals surface area contributed by atoms with Gasteiger partial charge < -0.3 is 20.7 Å². The molecular weight excluding hydrogens is 364 g/mol. The number of carboxylic acids is 1. The number of aliphatic carboxylic acids is 1. The van der Waals surface area contributed by atoms with E-state index >= 15 is 0 Å². The Morgan fingerprint density at radius 1 is 1.04 bits per heavy atom. The third kappa shape index (κ3) is 3.99. The lowest BCUT2D eigenvalue weighted by Gasteiger charge is -2.25. The number of ether oxygens (including phenoxy) is 1. The topological polar surface area (TPSA) is 156 Å². The van der Waals surface area contributed by atoms with E-state index < -0.39 is 38.2 Å². The average Bonchev–Trinajstić information content (AvgIpc) is 2.60. The molecule has 138 valence electrons. The molecule has 0 aliphatic carbocycles. The van der Waals surface area contributed by atoms with Crippen LogP contribution < -0.4 is 15.8 Å². The Balaban J connectivity index is 2.29. The van der Waals surface area contributed by atoms with E-state index in [0.717, 1.165) is 12.1 Å². The summed E-state index contributed by atoms with van der Waals surface area (Å²) in [5.74, 6) is -2.29. The summed E-state index contributed by atoms with van der Waals surface area (Å²) in [6.07, 6.45) is 0. The molecule has 0 saturated heterocycles. The van der Waals surface area contributed by atoms with Crippen molar-refractivity contribution in [3.63, 3.8) is 0 Å². The third-order valence-corrected chi connectivity index (χ3v) is 5.33. The fraction of sp³-hybridized carbons (Fsp3) is 0.125. The summed E-state index contributed by atoms with van der Waals surface area (Å²) in [5.41, 5.74) is 4.96. The molecule has 0 aromatic heterocycles. The second kappa shape index (κ2) is 7.52. The molecule has 2 aromatic rings. The number of hydrogen-bond acceptors (Lipinski definition) is 7. The summed E-state index contributed by atoms with van der Waals surface area (Å²) in [5, 5.41) is 17.3. The van der Waals surface area contributed by atoms with Crippen LogP contribution in [0.15, 0.2) is 59.5 Å². The molecule has 0 fully saturated rings. The number of amides is 1. The highest BCUT2D eigenvalue weighted by Crippen LogP contribution is 2.26. The number of aliphatic hydroxyl groups is 1. The van der Waals surface area contributed by atoms with E-state index in [0.29, 0.717) is 11.5 Å². The molecule has 1 amide bonds. The van der Waals surface area contributed by atoms with Gasteiger partial charge in [0.1, 0.15) is 11.5 Å². The molecule has 0 bridgehead atoms. The van der Waals surface area contributed by atoms with Crippen LogP contribution in [0.25, 0.3) is 0 Å². The van der Waals surface area contributed by atoms with Crippen molar-refractivity contribution >= 4 is 21.7 Å². The number of nitrogens with one attached hydrogen (secondary N) is 1. The molecule has 26 heavy (non-hydrogen) atoms. The van der Waals surface area contributed by atoms with Crippen LogP contribution in [0.1, 0.15) is 0 Å². The van der Waals surface area contributed by atoms with E-state index in [-0.39, 0.29) is 0 Å². The van der Waals surface area contributed by atoms with Crippen LogP contribution in [0, 0.1) is 0 Å². The Morgan fingerprint density at radius 2 is 1.58 bits per heavy atom. The summed E-state index contributed by atoms with van der Waals surface area (Å²) in [4.78, 5) is 21.6. The molecule has 1 unspecified atom stereocenters. The molecule has 10 heteroatoms. The molecule has 0 spiro atoms. The summed E-state index contributed by atoms with van der Waals surface area (Å²) >= 11 is 0. The number of rotatable bonds is 8. The molecule has 0 aliphatic heterocycles. The van der Waals surface area contributed by atoms with Crippen LogP contribution in [0.5, 0.6) is 11.5 Å². The van der Waals surface area contributed by atoms with Crippen LogP contribution in [0.3, 0.4) is 0 Å². The van der Waals surface area contributed by atoms with E-state index in [1.807, 2.05) is 0 Å². The highest BCUT2D eigenvalue weighted by Gasteiger charge is 2.49. The minimum Gasteiger partial charge on any atom is -0.480 e. The van der Waals surface area contributed by atoms with Crippen molar-refractivity contribution in [3.05, 3.63) is 54.6 Å². The number of carboxylic acid groups (broad SMARTS) is 1. The Hall–Kier alpha value is -2.95. The van der Waals surface area contributed by atoms with Crippen LogP contribution >= 0.6 is 0 Å². The highest BCUT2D eigenvalue weighted by molar-refractivity contribution is 7.93. The first kappa shape index (κ1) is 19.4. The van der Waals surface area contributed by atoms with E-state index in [2.05, 4.69) is 0 Å². The van der Waals surface area contributed by atoms with Gasteiger partial charge in [0.05, 0.1) is 11.4 Å². The van der Waals surface area contributed by atoms with Gasteiger partial charge in [-0.25, -0.2) is 8.42 Å². The molecule has 2 aromatic carbocycles. The van der Waals surface area contributed by atoms with Gasteiger partial charge in [-0.2, -0.15) is 0 Å². The van der Waals surface area contributed by atoms with Crippen molar-refractivity contribution in [1.29, 1.82) is 0 Å². The minimum absolute atomic E-state index is 0.316. The van der Waals surface area contributed by atoms with Crippen LogP contribution in [-0.2, 0) is 19.4 Å². The average molecular weight is 380 g/mol. The molecule has 0 radical (unpaired) electrons. The maximum Gasteiger partial charge on any atom is 0.317 e. The Morgan fingerprint density at radius 3 is 2.08 bits per heavy atom. The molecular formula is C16H16N2O7S. The molecule has 5 N–H and O–H groups in total. The van der Waals surface area contributed by atoms with Gasteiger partial charge in [0.25, 0.3) is 5.91 Å². The first-order chi connectivity index (χ1) is 12.2. The highest BCUT2D eigenvalue weighted by atomic mass is 32.2. The first-order valence-electron chi connectivity index (χ1n) is 7.23. The minimum atomic E-state index is -4.73. The second-order valence-corrected chi connectivity index (χ2v) is 7.21. The van der Waals surface area contributed by atoms with Crippen LogP contribution in [-0.4, -0.2) is 42.1 Å². The van der Waals surface area contributed by atoms with Gasteiger partial charge in [-0.05, 0) is 36.4 Å². The van der Waals surface area contributed by atoms with Gasteiger partial charge >= 0.3 is 11.0 Å². The predicted octanol–water partition coefficient (Wildman–Crippen LogP) is 0.0582. The Bertz CT molecular complexity index is 898. The number of primary amides is 1. The van der Waals surface area contributed by atoms with Gasteiger partial charge in [-0.3, -0.25) is 14.9 Å². The fourth-order valence-electron chi connectivity index (χ4n) is 1.99. The number of hydrogen-bond donors (Lipinski definition) is 4. The van der Waals surface area contributed by atoms with Crippen molar-refractivity contribution < 1.29 is 33.0 Å². The summed E-state index contributed by atoms with van der Waals surface area (Å²) in [7, 11) is -4.73. The van der Waals surface area contributed by atoms with E-state index in [1.165, 1.54) is 12.1 Å². The lowest BCUT2D eigenvalue weighted by molar-refractivity contribution is -0.138. The second-order valence-electron chi connectivity index (χ2n) is 5.15. The zero-order chi connectivity index (χ0) is 19.4. The number of sulfone groups is 1. The number of carbonyl (C=O) groups is 2. The van der Waals surface area contributed by atoms with Crippen LogP contribution in [0.4, 0.5) is 0 Å². The van der Waals surface area contributed by atoms with Crippen LogP contribution in [0.2, 0.25) is 0 Å². The maximum absolute atomic E-state index is 12.5. The van der Waals surface area contributed by atoms with Crippen molar-refractivity contribution in [2.45, 2.75) is 9.95 Å². The molecule has 0 saturated carbocycles. The van der Waals surface area contributed by atoms with Crippen molar-refractivity contribution in [2.75, 3.05) is 6.54 Å². The first-order valence-corrected chi connectivity index (χ1v) is 8.72.